The van der Waals surface area contributed by atoms with Crippen molar-refractivity contribution in [1.82, 2.24) is 9.88 Å². The van der Waals surface area contributed by atoms with Crippen molar-refractivity contribution in [2.24, 2.45) is 0 Å². The first-order valence-electron chi connectivity index (χ1n) is 11.5. The summed E-state index contributed by atoms with van der Waals surface area (Å²) in [5, 5.41) is 0.689. The van der Waals surface area contributed by atoms with Gasteiger partial charge in [0.15, 0.2) is 5.13 Å². The van der Waals surface area contributed by atoms with Gasteiger partial charge in [-0.3, -0.25) is 14.6 Å². The SMILES string of the molecule is CCCCOc1cccc(C(=O)N(CCN2CCOCC2)c2nc3cc(OC)ccc3s2)c1. The Morgan fingerprint density at radius 3 is 2.82 bits per heavy atom. The number of rotatable bonds is 10. The number of anilines is 1. The summed E-state index contributed by atoms with van der Waals surface area (Å²) in [6, 6.07) is 13.3. The van der Waals surface area contributed by atoms with Crippen LogP contribution in [0.5, 0.6) is 11.5 Å². The summed E-state index contributed by atoms with van der Waals surface area (Å²) in [5.41, 5.74) is 1.43. The summed E-state index contributed by atoms with van der Waals surface area (Å²) in [6.07, 6.45) is 2.05. The molecule has 33 heavy (non-hydrogen) atoms. The second-order valence-electron chi connectivity index (χ2n) is 7.97. The minimum atomic E-state index is -0.0739. The van der Waals surface area contributed by atoms with Crippen LogP contribution >= 0.6 is 11.3 Å². The molecule has 1 fully saturated rings. The Bertz CT molecular complexity index is 1060. The second-order valence-corrected chi connectivity index (χ2v) is 8.98. The number of morpholine rings is 1. The molecular formula is C25H31N3O4S. The van der Waals surface area contributed by atoms with E-state index in [9.17, 15) is 4.79 Å². The first-order valence-corrected chi connectivity index (χ1v) is 12.3. The van der Waals surface area contributed by atoms with Crippen molar-refractivity contribution in [3.8, 4) is 11.5 Å². The van der Waals surface area contributed by atoms with E-state index in [2.05, 4.69) is 11.8 Å². The number of thiazole rings is 1. The molecule has 3 aromatic rings. The van der Waals surface area contributed by atoms with E-state index >= 15 is 0 Å². The number of aromatic nitrogens is 1. The molecular weight excluding hydrogens is 438 g/mol. The molecule has 1 aliphatic rings. The number of carbonyl (C=O) groups is 1. The predicted molar refractivity (Wildman–Crippen MR) is 132 cm³/mol. The van der Waals surface area contributed by atoms with Gasteiger partial charge < -0.3 is 14.2 Å². The van der Waals surface area contributed by atoms with Crippen LogP contribution in [0.1, 0.15) is 30.1 Å². The third-order valence-electron chi connectivity index (χ3n) is 5.65. The van der Waals surface area contributed by atoms with Crippen LogP contribution in [-0.4, -0.2) is 68.9 Å². The van der Waals surface area contributed by atoms with E-state index < -0.39 is 0 Å². The molecule has 176 valence electrons. The fourth-order valence-electron chi connectivity index (χ4n) is 3.70. The normalized spacial score (nSPS) is 14.4. The van der Waals surface area contributed by atoms with Gasteiger partial charge in [-0.25, -0.2) is 4.98 Å². The lowest BCUT2D eigenvalue weighted by Gasteiger charge is -2.29. The average Bonchev–Trinajstić information content (AvgIpc) is 3.28. The molecule has 2 aromatic carbocycles. The first-order chi connectivity index (χ1) is 16.2. The van der Waals surface area contributed by atoms with Crippen molar-refractivity contribution in [2.45, 2.75) is 19.8 Å². The number of amides is 1. The van der Waals surface area contributed by atoms with Gasteiger partial charge in [-0.05, 0) is 36.8 Å². The Labute approximate surface area is 198 Å². The van der Waals surface area contributed by atoms with Crippen molar-refractivity contribution < 1.29 is 19.0 Å². The van der Waals surface area contributed by atoms with Crippen molar-refractivity contribution in [2.75, 3.05) is 58.0 Å². The third-order valence-corrected chi connectivity index (χ3v) is 6.71. The van der Waals surface area contributed by atoms with E-state index in [4.69, 9.17) is 19.2 Å². The maximum absolute atomic E-state index is 13.7. The fourth-order valence-corrected chi connectivity index (χ4v) is 4.67. The third kappa shape index (κ3) is 6.01. The van der Waals surface area contributed by atoms with Gasteiger partial charge in [0, 0.05) is 37.8 Å². The standard InChI is InChI=1S/C25H31N3O4S/c1-3-4-14-32-21-7-5-6-19(17-21)24(29)28(11-10-27-12-15-31-16-13-27)25-26-22-18-20(30-2)8-9-23(22)33-25/h5-9,17-18H,3-4,10-16H2,1-2H3. The first kappa shape index (κ1) is 23.5. The molecule has 1 aromatic heterocycles. The van der Waals surface area contributed by atoms with Crippen molar-refractivity contribution in [1.29, 1.82) is 0 Å². The van der Waals surface area contributed by atoms with Gasteiger partial charge in [0.1, 0.15) is 11.5 Å². The fraction of sp³-hybridized carbons (Fsp3) is 0.440. The van der Waals surface area contributed by atoms with Crippen LogP contribution in [-0.2, 0) is 4.74 Å². The van der Waals surface area contributed by atoms with Crippen LogP contribution in [0.15, 0.2) is 42.5 Å². The smallest absolute Gasteiger partial charge is 0.260 e. The minimum absolute atomic E-state index is 0.0739. The minimum Gasteiger partial charge on any atom is -0.497 e. The Kier molecular flexibility index (Phi) is 8.15. The van der Waals surface area contributed by atoms with E-state index in [0.29, 0.717) is 23.8 Å². The van der Waals surface area contributed by atoms with E-state index in [0.717, 1.165) is 67.4 Å². The molecule has 1 saturated heterocycles. The Balaban J connectivity index is 1.59. The number of hydrogen-bond acceptors (Lipinski definition) is 7. The molecule has 0 saturated carbocycles. The van der Waals surface area contributed by atoms with Crippen LogP contribution in [0.25, 0.3) is 10.2 Å². The summed E-state index contributed by atoms with van der Waals surface area (Å²) >= 11 is 1.52. The summed E-state index contributed by atoms with van der Waals surface area (Å²) in [7, 11) is 1.64. The Hall–Kier alpha value is -2.68. The molecule has 0 radical (unpaired) electrons. The van der Waals surface area contributed by atoms with Gasteiger partial charge in [0.2, 0.25) is 0 Å². The van der Waals surface area contributed by atoms with E-state index in [-0.39, 0.29) is 5.91 Å². The number of ether oxygens (including phenoxy) is 3. The molecule has 1 amide bonds. The van der Waals surface area contributed by atoms with Gasteiger partial charge in [0.25, 0.3) is 5.91 Å². The van der Waals surface area contributed by atoms with Crippen LogP contribution in [0.4, 0.5) is 5.13 Å². The zero-order valence-electron chi connectivity index (χ0n) is 19.3. The van der Waals surface area contributed by atoms with Crippen LogP contribution in [0, 0.1) is 0 Å². The highest BCUT2D eigenvalue weighted by atomic mass is 32.1. The van der Waals surface area contributed by atoms with Crippen molar-refractivity contribution in [3.05, 3.63) is 48.0 Å². The van der Waals surface area contributed by atoms with Crippen LogP contribution in [0.3, 0.4) is 0 Å². The lowest BCUT2D eigenvalue weighted by atomic mass is 10.2. The average molecular weight is 470 g/mol. The molecule has 0 spiro atoms. The molecule has 0 unspecified atom stereocenters. The highest BCUT2D eigenvalue weighted by molar-refractivity contribution is 7.22. The highest BCUT2D eigenvalue weighted by Crippen LogP contribution is 2.32. The number of hydrogen-bond donors (Lipinski definition) is 0. The van der Waals surface area contributed by atoms with Gasteiger partial charge in [-0.1, -0.05) is 30.7 Å². The second kappa shape index (κ2) is 11.4. The maximum Gasteiger partial charge on any atom is 0.260 e. The van der Waals surface area contributed by atoms with E-state index in [1.165, 1.54) is 11.3 Å². The van der Waals surface area contributed by atoms with Gasteiger partial charge in [-0.15, -0.1) is 0 Å². The monoisotopic (exact) mass is 469 g/mol. The van der Waals surface area contributed by atoms with Crippen LogP contribution < -0.4 is 14.4 Å². The van der Waals surface area contributed by atoms with Crippen molar-refractivity contribution in [3.63, 3.8) is 0 Å². The number of nitrogens with zero attached hydrogens (tertiary/aromatic N) is 3. The zero-order valence-corrected chi connectivity index (χ0v) is 20.1. The largest absolute Gasteiger partial charge is 0.497 e. The lowest BCUT2D eigenvalue weighted by Crippen LogP contribution is -2.43. The summed E-state index contributed by atoms with van der Waals surface area (Å²) in [4.78, 5) is 22.6. The molecule has 0 N–H and O–H groups in total. The number of unbranched alkanes of at least 4 members (excludes halogenated alkanes) is 1. The molecule has 0 aliphatic carbocycles. The topological polar surface area (TPSA) is 64.1 Å². The molecule has 2 heterocycles. The predicted octanol–water partition coefficient (Wildman–Crippen LogP) is 4.46. The maximum atomic E-state index is 13.7. The lowest BCUT2D eigenvalue weighted by molar-refractivity contribution is 0.0391. The molecule has 1 aliphatic heterocycles. The van der Waals surface area contributed by atoms with Gasteiger partial charge >= 0.3 is 0 Å². The van der Waals surface area contributed by atoms with E-state index in [1.54, 1.807) is 12.0 Å². The quantitative estimate of drug-likeness (QED) is 0.409. The van der Waals surface area contributed by atoms with Gasteiger partial charge in [-0.2, -0.15) is 0 Å². The molecule has 8 heteroatoms. The van der Waals surface area contributed by atoms with E-state index in [1.807, 2.05) is 42.5 Å². The summed E-state index contributed by atoms with van der Waals surface area (Å²) < 4.78 is 17.7. The highest BCUT2D eigenvalue weighted by Gasteiger charge is 2.23. The number of benzene rings is 2. The molecule has 4 rings (SSSR count). The van der Waals surface area contributed by atoms with Crippen molar-refractivity contribution >= 4 is 32.6 Å². The number of fused-ring (bicyclic) bond motifs is 1. The van der Waals surface area contributed by atoms with Crippen LogP contribution in [0.2, 0.25) is 0 Å². The number of methoxy groups -OCH3 is 1. The number of carbonyl (C=O) groups excluding carboxylic acids is 1. The molecule has 0 bridgehead atoms. The Morgan fingerprint density at radius 2 is 2.03 bits per heavy atom. The Morgan fingerprint density at radius 1 is 1.18 bits per heavy atom. The zero-order chi connectivity index (χ0) is 23.0. The molecule has 0 atom stereocenters. The summed E-state index contributed by atoms with van der Waals surface area (Å²) in [6.45, 7) is 7.30. The summed E-state index contributed by atoms with van der Waals surface area (Å²) in [5.74, 6) is 1.40. The van der Waals surface area contributed by atoms with Gasteiger partial charge in [0.05, 0.1) is 37.1 Å². The molecule has 7 nitrogen and oxygen atoms in total.